The Morgan fingerprint density at radius 1 is 1.62 bits per heavy atom. The summed E-state index contributed by atoms with van der Waals surface area (Å²) in [7, 11) is 0. The Labute approximate surface area is 95.5 Å². The first kappa shape index (κ1) is 11.1. The minimum absolute atomic E-state index is 0.0221. The van der Waals surface area contributed by atoms with Crippen molar-refractivity contribution in [3.63, 3.8) is 0 Å². The first-order chi connectivity index (χ1) is 7.77. The number of aromatic nitrogens is 1. The van der Waals surface area contributed by atoms with E-state index in [1.807, 2.05) is 25.1 Å². The van der Waals surface area contributed by atoms with E-state index in [9.17, 15) is 4.79 Å². The highest BCUT2D eigenvalue weighted by Crippen LogP contribution is 2.10. The molecule has 2 unspecified atom stereocenters. The number of nitrogens with zero attached hydrogens (tertiary/aromatic N) is 1. The van der Waals surface area contributed by atoms with Gasteiger partial charge in [0.2, 0.25) is 5.91 Å². The highest BCUT2D eigenvalue weighted by molar-refractivity contribution is 5.82. The molecule has 0 aliphatic carbocycles. The maximum absolute atomic E-state index is 11.8. The molecule has 2 heterocycles. The SMILES string of the molecule is CC(NC(=O)C1CCCN1)c1ccccn1. The third kappa shape index (κ3) is 2.58. The Morgan fingerprint density at radius 3 is 3.12 bits per heavy atom. The van der Waals surface area contributed by atoms with Crippen LogP contribution in [-0.4, -0.2) is 23.5 Å². The van der Waals surface area contributed by atoms with E-state index < -0.39 is 0 Å². The van der Waals surface area contributed by atoms with Crippen LogP contribution >= 0.6 is 0 Å². The average Bonchev–Trinajstić information content (AvgIpc) is 2.83. The van der Waals surface area contributed by atoms with Crippen LogP contribution in [0.4, 0.5) is 0 Å². The standard InChI is InChI=1S/C12H17N3O/c1-9(10-5-2-3-7-13-10)15-12(16)11-6-4-8-14-11/h2-3,5,7,9,11,14H,4,6,8H2,1H3,(H,15,16). The Morgan fingerprint density at radius 2 is 2.50 bits per heavy atom. The average molecular weight is 219 g/mol. The van der Waals surface area contributed by atoms with Crippen LogP contribution in [0, 0.1) is 0 Å². The second kappa shape index (κ2) is 5.07. The van der Waals surface area contributed by atoms with Crippen LogP contribution in [0.2, 0.25) is 0 Å². The Bertz CT molecular complexity index is 347. The number of hydrogen-bond acceptors (Lipinski definition) is 3. The molecule has 2 N–H and O–H groups in total. The summed E-state index contributed by atoms with van der Waals surface area (Å²) >= 11 is 0. The summed E-state index contributed by atoms with van der Waals surface area (Å²) < 4.78 is 0. The first-order valence-electron chi connectivity index (χ1n) is 5.72. The lowest BCUT2D eigenvalue weighted by Crippen LogP contribution is -2.41. The summed E-state index contributed by atoms with van der Waals surface area (Å²) in [6.07, 6.45) is 3.75. The molecule has 86 valence electrons. The molecule has 0 spiro atoms. The fraction of sp³-hybridized carbons (Fsp3) is 0.500. The molecule has 4 nitrogen and oxygen atoms in total. The van der Waals surface area contributed by atoms with Gasteiger partial charge in [-0.2, -0.15) is 0 Å². The van der Waals surface area contributed by atoms with Crippen molar-refractivity contribution in [2.45, 2.75) is 31.8 Å². The second-order valence-corrected chi connectivity index (χ2v) is 4.13. The van der Waals surface area contributed by atoms with Gasteiger partial charge < -0.3 is 10.6 Å². The lowest BCUT2D eigenvalue weighted by atomic mass is 10.1. The molecule has 1 aliphatic heterocycles. The van der Waals surface area contributed by atoms with Crippen molar-refractivity contribution in [3.05, 3.63) is 30.1 Å². The number of rotatable bonds is 3. The molecule has 1 aromatic rings. The van der Waals surface area contributed by atoms with Gasteiger partial charge in [-0.1, -0.05) is 6.07 Å². The van der Waals surface area contributed by atoms with Crippen molar-refractivity contribution >= 4 is 5.91 Å². The maximum atomic E-state index is 11.8. The van der Waals surface area contributed by atoms with Gasteiger partial charge in [-0.25, -0.2) is 0 Å². The van der Waals surface area contributed by atoms with Gasteiger partial charge in [0, 0.05) is 6.20 Å². The van der Waals surface area contributed by atoms with Crippen LogP contribution in [0.15, 0.2) is 24.4 Å². The molecule has 16 heavy (non-hydrogen) atoms. The number of hydrogen-bond donors (Lipinski definition) is 2. The van der Waals surface area contributed by atoms with Crippen molar-refractivity contribution in [1.29, 1.82) is 0 Å². The molecular weight excluding hydrogens is 202 g/mol. The number of pyridine rings is 1. The van der Waals surface area contributed by atoms with Crippen molar-refractivity contribution in [1.82, 2.24) is 15.6 Å². The summed E-state index contributed by atoms with van der Waals surface area (Å²) in [6, 6.07) is 5.67. The van der Waals surface area contributed by atoms with E-state index in [1.165, 1.54) is 0 Å². The van der Waals surface area contributed by atoms with Crippen LogP contribution in [-0.2, 0) is 4.79 Å². The minimum Gasteiger partial charge on any atom is -0.347 e. The zero-order chi connectivity index (χ0) is 11.4. The number of carbonyl (C=O) groups is 1. The van der Waals surface area contributed by atoms with Crippen molar-refractivity contribution in [2.24, 2.45) is 0 Å². The van der Waals surface area contributed by atoms with Gasteiger partial charge in [0.15, 0.2) is 0 Å². The third-order valence-electron chi connectivity index (χ3n) is 2.87. The highest BCUT2D eigenvalue weighted by Gasteiger charge is 2.23. The van der Waals surface area contributed by atoms with Gasteiger partial charge in [0.05, 0.1) is 17.8 Å². The minimum atomic E-state index is -0.0314. The van der Waals surface area contributed by atoms with Crippen molar-refractivity contribution < 1.29 is 4.79 Å². The van der Waals surface area contributed by atoms with E-state index in [2.05, 4.69) is 15.6 Å². The molecule has 0 radical (unpaired) electrons. The van der Waals surface area contributed by atoms with Gasteiger partial charge in [0.1, 0.15) is 0 Å². The predicted octanol–water partition coefficient (Wildman–Crippen LogP) is 1.01. The van der Waals surface area contributed by atoms with Crippen LogP contribution in [0.25, 0.3) is 0 Å². The molecule has 1 amide bonds. The van der Waals surface area contributed by atoms with E-state index in [1.54, 1.807) is 6.20 Å². The van der Waals surface area contributed by atoms with Gasteiger partial charge in [-0.05, 0) is 38.4 Å². The quantitative estimate of drug-likeness (QED) is 0.797. The van der Waals surface area contributed by atoms with E-state index in [0.29, 0.717) is 0 Å². The number of amides is 1. The molecule has 4 heteroatoms. The molecule has 1 aliphatic rings. The summed E-state index contributed by atoms with van der Waals surface area (Å²) in [5.41, 5.74) is 0.897. The zero-order valence-electron chi connectivity index (χ0n) is 9.44. The number of carbonyl (C=O) groups excluding carboxylic acids is 1. The molecule has 2 rings (SSSR count). The molecule has 0 saturated carbocycles. The van der Waals surface area contributed by atoms with Gasteiger partial charge in [-0.15, -0.1) is 0 Å². The van der Waals surface area contributed by atoms with E-state index in [4.69, 9.17) is 0 Å². The van der Waals surface area contributed by atoms with Crippen molar-refractivity contribution in [3.8, 4) is 0 Å². The van der Waals surface area contributed by atoms with Gasteiger partial charge in [-0.3, -0.25) is 9.78 Å². The van der Waals surface area contributed by atoms with Gasteiger partial charge in [0.25, 0.3) is 0 Å². The first-order valence-corrected chi connectivity index (χ1v) is 5.72. The fourth-order valence-corrected chi connectivity index (χ4v) is 1.93. The largest absolute Gasteiger partial charge is 0.347 e. The Hall–Kier alpha value is -1.42. The maximum Gasteiger partial charge on any atom is 0.237 e. The van der Waals surface area contributed by atoms with Crippen LogP contribution in [0.1, 0.15) is 31.5 Å². The molecule has 0 aromatic carbocycles. The lowest BCUT2D eigenvalue weighted by Gasteiger charge is -2.16. The van der Waals surface area contributed by atoms with Crippen molar-refractivity contribution in [2.75, 3.05) is 6.54 Å². The van der Waals surface area contributed by atoms with E-state index in [-0.39, 0.29) is 18.0 Å². The Kier molecular flexibility index (Phi) is 3.51. The summed E-state index contributed by atoms with van der Waals surface area (Å²) in [6.45, 7) is 2.89. The predicted molar refractivity (Wildman–Crippen MR) is 61.8 cm³/mol. The molecular formula is C12H17N3O. The van der Waals surface area contributed by atoms with Crippen LogP contribution in [0.3, 0.4) is 0 Å². The molecule has 1 aromatic heterocycles. The van der Waals surface area contributed by atoms with E-state index >= 15 is 0 Å². The summed E-state index contributed by atoms with van der Waals surface area (Å²) in [5.74, 6) is 0.0793. The van der Waals surface area contributed by atoms with Gasteiger partial charge >= 0.3 is 0 Å². The third-order valence-corrected chi connectivity index (χ3v) is 2.87. The van der Waals surface area contributed by atoms with E-state index in [0.717, 1.165) is 25.1 Å². The highest BCUT2D eigenvalue weighted by atomic mass is 16.2. The molecule has 0 bridgehead atoms. The fourth-order valence-electron chi connectivity index (χ4n) is 1.93. The lowest BCUT2D eigenvalue weighted by molar-refractivity contribution is -0.123. The molecule has 1 fully saturated rings. The van der Waals surface area contributed by atoms with Crippen LogP contribution < -0.4 is 10.6 Å². The Balaban J connectivity index is 1.92. The zero-order valence-corrected chi connectivity index (χ0v) is 9.44. The normalized spacial score (nSPS) is 21.7. The topological polar surface area (TPSA) is 54.0 Å². The summed E-state index contributed by atoms with van der Waals surface area (Å²) in [5, 5.41) is 6.15. The second-order valence-electron chi connectivity index (χ2n) is 4.13. The monoisotopic (exact) mass is 219 g/mol. The van der Waals surface area contributed by atoms with Crippen LogP contribution in [0.5, 0.6) is 0 Å². The molecule has 2 atom stereocenters. The number of nitrogens with one attached hydrogen (secondary N) is 2. The smallest absolute Gasteiger partial charge is 0.237 e. The summed E-state index contributed by atoms with van der Waals surface area (Å²) in [4.78, 5) is 16.1. The molecule has 1 saturated heterocycles.